The van der Waals surface area contributed by atoms with Gasteiger partial charge in [-0.3, -0.25) is 9.79 Å². The summed E-state index contributed by atoms with van der Waals surface area (Å²) >= 11 is 0. The molecule has 3 amide bonds. The van der Waals surface area contributed by atoms with Crippen LogP contribution in [0.5, 0.6) is 0 Å². The molecule has 2 aliphatic heterocycles. The number of urea groups is 1. The topological polar surface area (TPSA) is 88.5 Å². The Morgan fingerprint density at radius 2 is 1.86 bits per heavy atom. The fourth-order valence-electron chi connectivity index (χ4n) is 6.96. The Bertz CT molecular complexity index is 1350. The third-order valence-corrected chi connectivity index (χ3v) is 9.31. The number of piperazine rings is 1. The van der Waals surface area contributed by atoms with E-state index in [4.69, 9.17) is 0 Å². The summed E-state index contributed by atoms with van der Waals surface area (Å²) in [7, 11) is 1.57. The van der Waals surface area contributed by atoms with Crippen molar-refractivity contribution in [2.24, 2.45) is 10.4 Å². The van der Waals surface area contributed by atoms with Gasteiger partial charge in [0.25, 0.3) is 0 Å². The maximum absolute atomic E-state index is 14.4. The Balaban J connectivity index is 1.33. The zero-order valence-corrected chi connectivity index (χ0v) is 24.1. The van der Waals surface area contributed by atoms with Crippen LogP contribution in [0.1, 0.15) is 49.3 Å². The van der Waals surface area contributed by atoms with Crippen LogP contribution in [-0.2, 0) is 4.79 Å². The van der Waals surface area contributed by atoms with Crippen molar-refractivity contribution < 1.29 is 23.5 Å². The average Bonchev–Trinajstić information content (AvgIpc) is 3.49. The van der Waals surface area contributed by atoms with E-state index in [0.717, 1.165) is 49.9 Å². The van der Waals surface area contributed by atoms with Gasteiger partial charge in [0.2, 0.25) is 5.91 Å². The van der Waals surface area contributed by atoms with Gasteiger partial charge in [0, 0.05) is 56.8 Å². The molecule has 0 bridgehead atoms. The first-order chi connectivity index (χ1) is 20.2. The lowest BCUT2D eigenvalue weighted by Crippen LogP contribution is -2.65. The first kappa shape index (κ1) is 29.8. The van der Waals surface area contributed by atoms with Gasteiger partial charge in [-0.15, -0.1) is 0 Å². The van der Waals surface area contributed by atoms with Crippen molar-refractivity contribution in [3.63, 3.8) is 0 Å². The number of amides is 3. The number of likely N-dealkylation sites (N-methyl/N-ethyl adjacent to an activating group) is 1. The molecule has 0 aromatic heterocycles. The second-order valence-electron chi connectivity index (χ2n) is 11.8. The van der Waals surface area contributed by atoms with Gasteiger partial charge >= 0.3 is 6.03 Å². The molecule has 2 saturated heterocycles. The molecule has 2 heterocycles. The minimum absolute atomic E-state index is 0.0233. The number of nitrogens with one attached hydrogen (secondary N) is 1. The Morgan fingerprint density at radius 3 is 2.57 bits per heavy atom. The molecule has 1 aliphatic carbocycles. The van der Waals surface area contributed by atoms with Crippen LogP contribution < -0.4 is 5.32 Å². The summed E-state index contributed by atoms with van der Waals surface area (Å²) in [4.78, 5) is 36.1. The zero-order chi connectivity index (χ0) is 29.9. The first-order valence-electron chi connectivity index (χ1n) is 14.6. The van der Waals surface area contributed by atoms with Crippen molar-refractivity contribution in [3.05, 3.63) is 77.4 Å². The number of carbonyl (C=O) groups is 2. The normalized spacial score (nSPS) is 24.1. The number of rotatable bonds is 6. The molecule has 0 unspecified atom stereocenters. The fraction of sp³-hybridized carbons (Fsp3) is 0.469. The van der Waals surface area contributed by atoms with Crippen LogP contribution in [0.2, 0.25) is 0 Å². The van der Waals surface area contributed by atoms with Crippen LogP contribution >= 0.6 is 0 Å². The SMILES string of the molecule is C=N/C(=C\C(=O)N(C)C[C@]1(O)CCN(C(=O)N2CCNC[C@H]2c2ccccc2)CC12CCCC2)c1cccc(F)c1F. The number of piperidine rings is 1. The Morgan fingerprint density at radius 1 is 1.12 bits per heavy atom. The van der Waals surface area contributed by atoms with Crippen LogP contribution in [-0.4, -0.2) is 90.4 Å². The lowest BCUT2D eigenvalue weighted by molar-refractivity contribution is -0.150. The summed E-state index contributed by atoms with van der Waals surface area (Å²) in [6, 6.07) is 13.6. The molecule has 5 rings (SSSR count). The van der Waals surface area contributed by atoms with Crippen LogP contribution in [0.3, 0.4) is 0 Å². The second-order valence-corrected chi connectivity index (χ2v) is 11.8. The molecular weight excluding hydrogens is 540 g/mol. The molecule has 42 heavy (non-hydrogen) atoms. The maximum Gasteiger partial charge on any atom is 0.320 e. The largest absolute Gasteiger partial charge is 0.387 e. The molecule has 1 spiro atoms. The number of aliphatic imine (C=N–C) groups is 1. The second kappa shape index (κ2) is 12.3. The van der Waals surface area contributed by atoms with Gasteiger partial charge in [0.05, 0.1) is 23.9 Å². The summed E-state index contributed by atoms with van der Waals surface area (Å²) in [6.07, 6.45) is 4.82. The van der Waals surface area contributed by atoms with Crippen molar-refractivity contribution in [2.75, 3.05) is 46.3 Å². The van der Waals surface area contributed by atoms with Crippen molar-refractivity contribution in [1.82, 2.24) is 20.0 Å². The smallest absolute Gasteiger partial charge is 0.320 e. The molecule has 10 heteroatoms. The quantitative estimate of drug-likeness (QED) is 0.396. The van der Waals surface area contributed by atoms with Crippen LogP contribution in [0.15, 0.2) is 59.6 Å². The molecule has 3 aliphatic rings. The molecular formula is C32H39F2N5O3. The number of aliphatic hydroxyl groups is 1. The first-order valence-corrected chi connectivity index (χ1v) is 14.6. The fourth-order valence-corrected chi connectivity index (χ4v) is 6.96. The van der Waals surface area contributed by atoms with Crippen molar-refractivity contribution in [3.8, 4) is 0 Å². The average molecular weight is 580 g/mol. The van der Waals surface area contributed by atoms with Gasteiger partial charge in [0.15, 0.2) is 11.6 Å². The number of carbonyl (C=O) groups excluding carboxylic acids is 2. The van der Waals surface area contributed by atoms with Crippen LogP contribution in [0.25, 0.3) is 5.70 Å². The maximum atomic E-state index is 14.4. The molecule has 2 aromatic carbocycles. The van der Waals surface area contributed by atoms with E-state index >= 15 is 0 Å². The number of nitrogens with zero attached hydrogens (tertiary/aromatic N) is 4. The molecule has 2 N–H and O–H groups in total. The summed E-state index contributed by atoms with van der Waals surface area (Å²) in [5.74, 6) is -2.66. The lowest BCUT2D eigenvalue weighted by Gasteiger charge is -2.54. The predicted octanol–water partition coefficient (Wildman–Crippen LogP) is 4.23. The number of hydrogen-bond donors (Lipinski definition) is 2. The van der Waals surface area contributed by atoms with E-state index in [1.807, 2.05) is 40.1 Å². The number of halogens is 2. The number of hydrogen-bond acceptors (Lipinski definition) is 5. The van der Waals surface area contributed by atoms with Gasteiger partial charge < -0.3 is 25.1 Å². The highest BCUT2D eigenvalue weighted by atomic mass is 19.2. The number of benzene rings is 2. The lowest BCUT2D eigenvalue weighted by atomic mass is 9.65. The van der Waals surface area contributed by atoms with Crippen LogP contribution in [0.4, 0.5) is 13.6 Å². The minimum Gasteiger partial charge on any atom is -0.387 e. The van der Waals surface area contributed by atoms with Crippen molar-refractivity contribution in [2.45, 2.75) is 43.7 Å². The molecule has 1 saturated carbocycles. The molecule has 2 aromatic rings. The standard InChI is InChI=1S/C32H39F2N5O3/c1-35-26(24-11-8-12-25(33)29(24)34)19-28(40)37(2)22-32(42)15-17-38(21-31(32)13-6-7-14-31)30(41)39-18-16-36-20-27(39)23-9-4-3-5-10-23/h3-5,8-12,19,27,36,42H,1,6-7,13-18,20-22H2,2H3/b26-19-/t27-,32+/m0/s1. The zero-order valence-electron chi connectivity index (χ0n) is 24.1. The highest BCUT2D eigenvalue weighted by Crippen LogP contribution is 2.51. The van der Waals surface area contributed by atoms with E-state index in [0.29, 0.717) is 32.6 Å². The Kier molecular flexibility index (Phi) is 8.75. The monoisotopic (exact) mass is 579 g/mol. The Hall–Kier alpha value is -3.63. The molecule has 8 nitrogen and oxygen atoms in total. The predicted molar refractivity (Wildman–Crippen MR) is 158 cm³/mol. The van der Waals surface area contributed by atoms with Crippen molar-refractivity contribution >= 4 is 24.4 Å². The van der Waals surface area contributed by atoms with E-state index in [9.17, 15) is 23.5 Å². The third-order valence-electron chi connectivity index (χ3n) is 9.31. The van der Waals surface area contributed by atoms with E-state index < -0.39 is 28.6 Å². The summed E-state index contributed by atoms with van der Waals surface area (Å²) in [5.41, 5.74) is -0.931. The van der Waals surface area contributed by atoms with Gasteiger partial charge in [-0.2, -0.15) is 0 Å². The molecule has 2 atom stereocenters. The highest BCUT2D eigenvalue weighted by molar-refractivity contribution is 5.95. The van der Waals surface area contributed by atoms with E-state index in [1.54, 1.807) is 7.05 Å². The third kappa shape index (κ3) is 5.70. The van der Waals surface area contributed by atoms with E-state index in [1.165, 1.54) is 17.0 Å². The van der Waals surface area contributed by atoms with E-state index in [2.05, 4.69) is 17.0 Å². The van der Waals surface area contributed by atoms with Gasteiger partial charge in [-0.25, -0.2) is 13.6 Å². The summed E-state index contributed by atoms with van der Waals surface area (Å²) in [6.45, 7) is 6.25. The molecule has 3 fully saturated rings. The van der Waals surface area contributed by atoms with Crippen molar-refractivity contribution in [1.29, 1.82) is 0 Å². The van der Waals surface area contributed by atoms with Gasteiger partial charge in [-0.1, -0.05) is 49.2 Å². The highest BCUT2D eigenvalue weighted by Gasteiger charge is 2.56. The van der Waals surface area contributed by atoms with Gasteiger partial charge in [0.1, 0.15) is 0 Å². The molecule has 0 radical (unpaired) electrons. The molecule has 224 valence electrons. The summed E-state index contributed by atoms with van der Waals surface area (Å²) in [5, 5.41) is 15.6. The summed E-state index contributed by atoms with van der Waals surface area (Å²) < 4.78 is 28.2. The minimum atomic E-state index is -1.22. The Labute approximate surface area is 245 Å². The number of likely N-dealkylation sites (tertiary alicyclic amines) is 1. The van der Waals surface area contributed by atoms with E-state index in [-0.39, 0.29) is 29.9 Å². The van der Waals surface area contributed by atoms with Gasteiger partial charge in [-0.05, 0) is 43.7 Å². The van der Waals surface area contributed by atoms with Crippen LogP contribution in [0, 0.1) is 17.0 Å².